The van der Waals surface area contributed by atoms with Crippen molar-refractivity contribution in [3.8, 4) is 0 Å². The van der Waals surface area contributed by atoms with Gasteiger partial charge in [0.25, 0.3) is 0 Å². The number of methoxy groups -OCH3 is 1. The molecule has 0 radical (unpaired) electrons. The van der Waals surface area contributed by atoms with Crippen molar-refractivity contribution >= 4 is 17.7 Å². The number of nitrogens with zero attached hydrogens (tertiary/aromatic N) is 3. The van der Waals surface area contributed by atoms with Crippen LogP contribution in [-0.4, -0.2) is 27.8 Å². The standard InChI is InChI=1S/C13H16N4O2S/c1-17-10(8-14)15-16-13(17)20-11(12(18)19-2)9-6-4-3-5-7-9/h3-7,11H,8,14H2,1-2H3/t11-/m0/s1. The van der Waals surface area contributed by atoms with E-state index in [1.54, 1.807) is 4.57 Å². The van der Waals surface area contributed by atoms with Crippen LogP contribution in [0.5, 0.6) is 0 Å². The number of rotatable bonds is 5. The van der Waals surface area contributed by atoms with Gasteiger partial charge in [-0.1, -0.05) is 42.1 Å². The third-order valence-electron chi connectivity index (χ3n) is 2.85. The van der Waals surface area contributed by atoms with Crippen molar-refractivity contribution in [1.29, 1.82) is 0 Å². The number of hydrogen-bond donors (Lipinski definition) is 1. The second-order valence-electron chi connectivity index (χ2n) is 4.09. The van der Waals surface area contributed by atoms with Crippen molar-refractivity contribution in [2.75, 3.05) is 7.11 Å². The molecule has 1 atom stereocenters. The number of aromatic nitrogens is 3. The summed E-state index contributed by atoms with van der Waals surface area (Å²) >= 11 is 1.30. The zero-order valence-electron chi connectivity index (χ0n) is 11.3. The highest BCUT2D eigenvalue weighted by Crippen LogP contribution is 2.35. The molecule has 0 bridgehead atoms. The van der Waals surface area contributed by atoms with E-state index in [1.807, 2.05) is 37.4 Å². The number of nitrogens with two attached hydrogens (primary N) is 1. The van der Waals surface area contributed by atoms with Crippen LogP contribution in [0.2, 0.25) is 0 Å². The summed E-state index contributed by atoms with van der Waals surface area (Å²) in [5, 5.41) is 8.19. The van der Waals surface area contributed by atoms with E-state index in [4.69, 9.17) is 10.5 Å². The minimum atomic E-state index is -0.477. The molecule has 0 aliphatic heterocycles. The number of benzene rings is 1. The summed E-state index contributed by atoms with van der Waals surface area (Å²) in [6, 6.07) is 9.43. The summed E-state index contributed by atoms with van der Waals surface area (Å²) in [5.41, 5.74) is 6.43. The van der Waals surface area contributed by atoms with Gasteiger partial charge in [-0.15, -0.1) is 10.2 Å². The molecule has 1 aromatic carbocycles. The first-order valence-corrected chi connectivity index (χ1v) is 6.93. The predicted octanol–water partition coefficient (Wildman–Crippen LogP) is 1.28. The highest BCUT2D eigenvalue weighted by atomic mass is 32.2. The number of esters is 1. The van der Waals surface area contributed by atoms with Crippen LogP contribution in [-0.2, 0) is 23.1 Å². The molecule has 20 heavy (non-hydrogen) atoms. The van der Waals surface area contributed by atoms with Crippen molar-refractivity contribution in [2.24, 2.45) is 12.8 Å². The van der Waals surface area contributed by atoms with E-state index in [0.717, 1.165) is 5.56 Å². The van der Waals surface area contributed by atoms with Gasteiger partial charge in [0.05, 0.1) is 13.7 Å². The molecule has 6 nitrogen and oxygen atoms in total. The highest BCUT2D eigenvalue weighted by Gasteiger charge is 2.25. The van der Waals surface area contributed by atoms with Crippen LogP contribution in [0, 0.1) is 0 Å². The Morgan fingerprint density at radius 3 is 2.65 bits per heavy atom. The zero-order chi connectivity index (χ0) is 14.5. The summed E-state index contributed by atoms with van der Waals surface area (Å²) < 4.78 is 6.65. The first-order valence-electron chi connectivity index (χ1n) is 6.05. The molecule has 1 aromatic heterocycles. The lowest BCUT2D eigenvalue weighted by Gasteiger charge is -2.14. The lowest BCUT2D eigenvalue weighted by Crippen LogP contribution is -2.12. The van der Waals surface area contributed by atoms with Gasteiger partial charge in [-0.25, -0.2) is 0 Å². The molecule has 0 saturated heterocycles. The molecular formula is C13H16N4O2S. The summed E-state index contributed by atoms with van der Waals surface area (Å²) in [5.74, 6) is 0.350. The molecule has 1 heterocycles. The molecule has 2 rings (SSSR count). The molecule has 0 fully saturated rings. The second kappa shape index (κ2) is 6.53. The fraction of sp³-hybridized carbons (Fsp3) is 0.308. The maximum atomic E-state index is 12.0. The summed E-state index contributed by atoms with van der Waals surface area (Å²) in [6.07, 6.45) is 0. The van der Waals surface area contributed by atoms with Crippen LogP contribution >= 0.6 is 11.8 Å². The van der Waals surface area contributed by atoms with Gasteiger partial charge < -0.3 is 15.0 Å². The lowest BCUT2D eigenvalue weighted by molar-refractivity contribution is -0.140. The van der Waals surface area contributed by atoms with Gasteiger partial charge in [-0.05, 0) is 5.56 Å². The normalized spacial score (nSPS) is 12.2. The summed E-state index contributed by atoms with van der Waals surface area (Å²) in [4.78, 5) is 12.0. The Bertz CT molecular complexity index is 585. The molecule has 0 saturated carbocycles. The Morgan fingerprint density at radius 1 is 1.40 bits per heavy atom. The van der Waals surface area contributed by atoms with Crippen molar-refractivity contribution in [3.63, 3.8) is 0 Å². The molecule has 0 aliphatic carbocycles. The third kappa shape index (κ3) is 3.00. The Labute approximate surface area is 121 Å². The average molecular weight is 292 g/mol. The summed E-state index contributed by atoms with van der Waals surface area (Å²) in [7, 11) is 3.20. The maximum Gasteiger partial charge on any atom is 0.323 e. The van der Waals surface area contributed by atoms with Crippen molar-refractivity contribution < 1.29 is 9.53 Å². The van der Waals surface area contributed by atoms with Gasteiger partial charge in [0.1, 0.15) is 11.1 Å². The topological polar surface area (TPSA) is 83.0 Å². The van der Waals surface area contributed by atoms with Crippen LogP contribution in [0.3, 0.4) is 0 Å². The van der Waals surface area contributed by atoms with Crippen molar-refractivity contribution in [3.05, 3.63) is 41.7 Å². The van der Waals surface area contributed by atoms with E-state index in [-0.39, 0.29) is 5.97 Å². The van der Waals surface area contributed by atoms with Crippen LogP contribution < -0.4 is 5.73 Å². The predicted molar refractivity (Wildman–Crippen MR) is 76.0 cm³/mol. The third-order valence-corrected chi connectivity index (χ3v) is 4.12. The molecule has 2 aromatic rings. The van der Waals surface area contributed by atoms with Crippen LogP contribution in [0.15, 0.2) is 35.5 Å². The smallest absolute Gasteiger partial charge is 0.323 e. The number of thioether (sulfide) groups is 1. The van der Waals surface area contributed by atoms with Gasteiger partial charge in [-0.2, -0.15) is 0 Å². The van der Waals surface area contributed by atoms with Gasteiger partial charge in [-0.3, -0.25) is 4.79 Å². The average Bonchev–Trinajstić information content (AvgIpc) is 2.85. The van der Waals surface area contributed by atoms with Gasteiger partial charge in [0, 0.05) is 7.05 Å². The van der Waals surface area contributed by atoms with Crippen LogP contribution in [0.4, 0.5) is 0 Å². The first kappa shape index (κ1) is 14.5. The van der Waals surface area contributed by atoms with E-state index in [1.165, 1.54) is 18.9 Å². The van der Waals surface area contributed by atoms with Gasteiger partial charge >= 0.3 is 5.97 Å². The minimum absolute atomic E-state index is 0.304. The van der Waals surface area contributed by atoms with E-state index < -0.39 is 5.25 Å². The highest BCUT2D eigenvalue weighted by molar-refractivity contribution is 8.00. The fourth-order valence-corrected chi connectivity index (χ4v) is 2.77. The quantitative estimate of drug-likeness (QED) is 0.660. The molecule has 2 N–H and O–H groups in total. The number of carbonyl (C=O) groups is 1. The number of ether oxygens (including phenoxy) is 1. The van der Waals surface area contributed by atoms with Crippen LogP contribution in [0.1, 0.15) is 16.6 Å². The van der Waals surface area contributed by atoms with E-state index in [0.29, 0.717) is 17.5 Å². The number of hydrogen-bond acceptors (Lipinski definition) is 6. The van der Waals surface area contributed by atoms with Crippen molar-refractivity contribution in [2.45, 2.75) is 17.0 Å². The Kier molecular flexibility index (Phi) is 4.75. The molecule has 0 unspecified atom stereocenters. The second-order valence-corrected chi connectivity index (χ2v) is 5.17. The Morgan fingerprint density at radius 2 is 2.10 bits per heavy atom. The fourth-order valence-electron chi connectivity index (χ4n) is 1.72. The molecule has 0 amide bonds. The Hall–Kier alpha value is -1.86. The first-order chi connectivity index (χ1) is 9.67. The van der Waals surface area contributed by atoms with Crippen LogP contribution in [0.25, 0.3) is 0 Å². The SMILES string of the molecule is COC(=O)[C@@H](Sc1nnc(CN)n1C)c1ccccc1. The van der Waals surface area contributed by atoms with E-state index in [9.17, 15) is 4.79 Å². The molecule has 7 heteroatoms. The van der Waals surface area contributed by atoms with E-state index >= 15 is 0 Å². The Balaban J connectivity index is 2.29. The molecule has 0 aliphatic rings. The van der Waals surface area contributed by atoms with Crippen molar-refractivity contribution in [1.82, 2.24) is 14.8 Å². The molecule has 106 valence electrons. The lowest BCUT2D eigenvalue weighted by atomic mass is 10.1. The summed E-state index contributed by atoms with van der Waals surface area (Å²) in [6.45, 7) is 0.304. The largest absolute Gasteiger partial charge is 0.468 e. The van der Waals surface area contributed by atoms with Gasteiger partial charge in [0.2, 0.25) is 0 Å². The zero-order valence-corrected chi connectivity index (χ0v) is 12.1. The molecular weight excluding hydrogens is 276 g/mol. The monoisotopic (exact) mass is 292 g/mol. The minimum Gasteiger partial charge on any atom is -0.468 e. The van der Waals surface area contributed by atoms with E-state index in [2.05, 4.69) is 10.2 Å². The van der Waals surface area contributed by atoms with Gasteiger partial charge in [0.15, 0.2) is 5.16 Å². The maximum absolute atomic E-state index is 12.0. The number of carbonyl (C=O) groups excluding carboxylic acids is 1. The molecule has 0 spiro atoms.